The fourth-order valence-corrected chi connectivity index (χ4v) is 3.00. The quantitative estimate of drug-likeness (QED) is 0.330. The summed E-state index contributed by atoms with van der Waals surface area (Å²) in [4.78, 5) is 24.3. The summed E-state index contributed by atoms with van der Waals surface area (Å²) in [5.74, 6) is 0.161. The van der Waals surface area contributed by atoms with Crippen LogP contribution in [0.25, 0.3) is 6.08 Å². The molecule has 0 aliphatic carbocycles. The number of hydrogen-bond acceptors (Lipinski definition) is 7. The fourth-order valence-electron chi connectivity index (χ4n) is 3.00. The highest BCUT2D eigenvalue weighted by Gasteiger charge is 2.15. The number of rotatable bonds is 7. The first kappa shape index (κ1) is 20.3. The maximum atomic E-state index is 12.3. The largest absolute Gasteiger partial charge is 0.490 e. The van der Waals surface area contributed by atoms with Crippen LogP contribution in [0.1, 0.15) is 28.0 Å². The van der Waals surface area contributed by atoms with Gasteiger partial charge in [-0.25, -0.2) is 9.48 Å². The van der Waals surface area contributed by atoms with E-state index in [0.29, 0.717) is 42.5 Å². The van der Waals surface area contributed by atoms with Crippen molar-refractivity contribution < 1.29 is 23.8 Å². The summed E-state index contributed by atoms with van der Waals surface area (Å²) in [5, 5.41) is 8.03. The lowest BCUT2D eigenvalue weighted by Gasteiger charge is -2.08. The monoisotopic (exact) mass is 419 g/mol. The van der Waals surface area contributed by atoms with Crippen molar-refractivity contribution >= 4 is 17.8 Å². The molecular formula is C23H21N3O5. The molecule has 0 saturated carbocycles. The molecule has 2 aromatic carbocycles. The van der Waals surface area contributed by atoms with Gasteiger partial charge in [-0.3, -0.25) is 4.79 Å². The van der Waals surface area contributed by atoms with Gasteiger partial charge in [0.25, 0.3) is 0 Å². The van der Waals surface area contributed by atoms with Crippen molar-refractivity contribution in [3.8, 4) is 11.5 Å². The van der Waals surface area contributed by atoms with E-state index in [2.05, 4.69) is 10.3 Å². The zero-order chi connectivity index (χ0) is 21.5. The zero-order valence-corrected chi connectivity index (χ0v) is 16.8. The Hall–Kier alpha value is -3.94. The average Bonchev–Trinajstić information content (AvgIpc) is 3.10. The van der Waals surface area contributed by atoms with Crippen LogP contribution in [0, 0.1) is 0 Å². The van der Waals surface area contributed by atoms with Crippen LogP contribution in [-0.2, 0) is 16.1 Å². The molecule has 0 amide bonds. The number of benzene rings is 2. The number of carbonyl (C=O) groups excluding carboxylic acids is 2. The number of fused-ring (bicyclic) bond motifs is 1. The number of ketones is 1. The van der Waals surface area contributed by atoms with Crippen LogP contribution >= 0.6 is 0 Å². The molecule has 1 aliphatic rings. The van der Waals surface area contributed by atoms with E-state index < -0.39 is 5.97 Å². The molecule has 31 heavy (non-hydrogen) atoms. The minimum atomic E-state index is -0.639. The van der Waals surface area contributed by atoms with Gasteiger partial charge in [0.2, 0.25) is 0 Å². The third-order valence-corrected chi connectivity index (χ3v) is 4.55. The number of ether oxygens (including phenoxy) is 3. The number of nitrogens with zero attached hydrogens (tertiary/aromatic N) is 3. The lowest BCUT2D eigenvalue weighted by atomic mass is 10.1. The van der Waals surface area contributed by atoms with Crippen molar-refractivity contribution in [2.24, 2.45) is 0 Å². The van der Waals surface area contributed by atoms with Gasteiger partial charge in [0.05, 0.1) is 26.0 Å². The number of carbonyl (C=O) groups is 2. The lowest BCUT2D eigenvalue weighted by Crippen LogP contribution is -2.12. The number of hydrogen-bond donors (Lipinski definition) is 0. The molecular weight excluding hydrogens is 398 g/mol. The van der Waals surface area contributed by atoms with Gasteiger partial charge >= 0.3 is 5.97 Å². The molecule has 0 N–H and O–H groups in total. The third kappa shape index (κ3) is 5.57. The van der Waals surface area contributed by atoms with E-state index in [-0.39, 0.29) is 12.4 Å². The fraction of sp³-hybridized carbons (Fsp3) is 0.217. The summed E-state index contributed by atoms with van der Waals surface area (Å²) in [6.07, 6.45) is 5.22. The van der Waals surface area contributed by atoms with E-state index >= 15 is 0 Å². The molecule has 1 aromatic heterocycles. The second kappa shape index (κ2) is 9.71. The Morgan fingerprint density at radius 1 is 1.06 bits per heavy atom. The Morgan fingerprint density at radius 3 is 2.71 bits per heavy atom. The van der Waals surface area contributed by atoms with E-state index in [4.69, 9.17) is 14.2 Å². The number of esters is 1. The zero-order valence-electron chi connectivity index (χ0n) is 16.8. The SMILES string of the molecule is O=C(/C=C/c1cn(Cc2ccccc2)nn1)OCC(=O)c1ccc2c(c1)OCCCO2. The van der Waals surface area contributed by atoms with E-state index in [1.165, 1.54) is 12.2 Å². The maximum absolute atomic E-state index is 12.3. The van der Waals surface area contributed by atoms with Crippen LogP contribution in [0.4, 0.5) is 0 Å². The molecule has 0 atom stereocenters. The molecule has 158 valence electrons. The van der Waals surface area contributed by atoms with Gasteiger partial charge in [-0.15, -0.1) is 5.10 Å². The molecule has 0 fully saturated rings. The van der Waals surface area contributed by atoms with Crippen molar-refractivity contribution in [1.29, 1.82) is 0 Å². The maximum Gasteiger partial charge on any atom is 0.331 e. The minimum Gasteiger partial charge on any atom is -0.490 e. The van der Waals surface area contributed by atoms with Crippen LogP contribution in [0.3, 0.4) is 0 Å². The van der Waals surface area contributed by atoms with Gasteiger partial charge in [0, 0.05) is 18.1 Å². The van der Waals surface area contributed by atoms with Crippen LogP contribution in [-0.4, -0.2) is 46.6 Å². The molecule has 0 unspecified atom stereocenters. The first-order chi connectivity index (χ1) is 15.2. The first-order valence-electron chi connectivity index (χ1n) is 9.89. The molecule has 4 rings (SSSR count). The molecule has 8 heteroatoms. The van der Waals surface area contributed by atoms with Crippen molar-refractivity contribution in [3.63, 3.8) is 0 Å². The Morgan fingerprint density at radius 2 is 1.87 bits per heavy atom. The van der Waals surface area contributed by atoms with Gasteiger partial charge in [0.1, 0.15) is 5.69 Å². The van der Waals surface area contributed by atoms with Crippen LogP contribution in [0.2, 0.25) is 0 Å². The Bertz CT molecular complexity index is 1090. The number of Topliss-reactive ketones (excluding diaryl/α,β-unsaturated/α-hetero) is 1. The molecule has 0 radical (unpaired) electrons. The lowest BCUT2D eigenvalue weighted by molar-refractivity contribution is -0.136. The molecule has 0 saturated heterocycles. The molecule has 3 aromatic rings. The van der Waals surface area contributed by atoms with Crippen LogP contribution in [0.15, 0.2) is 60.8 Å². The normalized spacial score (nSPS) is 13.0. The Kier molecular flexibility index (Phi) is 6.37. The summed E-state index contributed by atoms with van der Waals surface area (Å²) in [6, 6.07) is 14.8. The molecule has 2 heterocycles. The first-order valence-corrected chi connectivity index (χ1v) is 9.89. The highest BCUT2D eigenvalue weighted by molar-refractivity contribution is 5.99. The van der Waals surface area contributed by atoms with Gasteiger partial charge in [0.15, 0.2) is 23.9 Å². The summed E-state index contributed by atoms with van der Waals surface area (Å²) < 4.78 is 17.9. The summed E-state index contributed by atoms with van der Waals surface area (Å²) in [5.41, 5.74) is 2.00. The van der Waals surface area contributed by atoms with Crippen molar-refractivity contribution in [2.75, 3.05) is 19.8 Å². The molecule has 0 bridgehead atoms. The predicted molar refractivity (Wildman–Crippen MR) is 112 cm³/mol. The van der Waals surface area contributed by atoms with Crippen LogP contribution in [0.5, 0.6) is 11.5 Å². The standard InChI is InChI=1S/C23H21N3O5/c27-20(18-7-9-21-22(13-18)30-12-4-11-29-21)16-31-23(28)10-8-19-15-26(25-24-19)14-17-5-2-1-3-6-17/h1-3,5-10,13,15H,4,11-12,14,16H2/b10-8+. The Labute approximate surface area is 179 Å². The smallest absolute Gasteiger partial charge is 0.331 e. The van der Waals surface area contributed by atoms with E-state index in [9.17, 15) is 9.59 Å². The molecule has 8 nitrogen and oxygen atoms in total. The van der Waals surface area contributed by atoms with Crippen molar-refractivity contribution in [2.45, 2.75) is 13.0 Å². The minimum absolute atomic E-state index is 0.328. The third-order valence-electron chi connectivity index (χ3n) is 4.55. The molecule has 0 spiro atoms. The second-order valence-electron chi connectivity index (χ2n) is 6.90. The van der Waals surface area contributed by atoms with E-state index in [0.717, 1.165) is 12.0 Å². The predicted octanol–water partition coefficient (Wildman–Crippen LogP) is 2.93. The summed E-state index contributed by atoms with van der Waals surface area (Å²) in [6.45, 7) is 1.31. The van der Waals surface area contributed by atoms with Gasteiger partial charge in [-0.1, -0.05) is 35.5 Å². The van der Waals surface area contributed by atoms with Gasteiger partial charge < -0.3 is 14.2 Å². The number of aromatic nitrogens is 3. The molecule has 1 aliphatic heterocycles. The van der Waals surface area contributed by atoms with Crippen molar-refractivity contribution in [1.82, 2.24) is 15.0 Å². The highest BCUT2D eigenvalue weighted by atomic mass is 16.5. The van der Waals surface area contributed by atoms with Gasteiger partial charge in [-0.2, -0.15) is 0 Å². The van der Waals surface area contributed by atoms with Gasteiger partial charge in [-0.05, 0) is 29.8 Å². The highest BCUT2D eigenvalue weighted by Crippen LogP contribution is 2.30. The van der Waals surface area contributed by atoms with E-state index in [1.807, 2.05) is 30.3 Å². The summed E-state index contributed by atoms with van der Waals surface area (Å²) >= 11 is 0. The second-order valence-corrected chi connectivity index (χ2v) is 6.90. The topological polar surface area (TPSA) is 92.5 Å². The van der Waals surface area contributed by atoms with Crippen LogP contribution < -0.4 is 9.47 Å². The van der Waals surface area contributed by atoms with E-state index in [1.54, 1.807) is 29.1 Å². The average molecular weight is 419 g/mol. The summed E-state index contributed by atoms with van der Waals surface area (Å²) in [7, 11) is 0. The van der Waals surface area contributed by atoms with Crippen molar-refractivity contribution in [3.05, 3.63) is 77.6 Å². The Balaban J connectivity index is 1.29.